The molecule has 1 N–H and O–H groups in total. The van der Waals surface area contributed by atoms with Crippen LogP contribution in [0.15, 0.2) is 5.38 Å². The number of carbonyl (C=O) groups excluding carboxylic acids is 1. The molecule has 118 valence electrons. The van der Waals surface area contributed by atoms with E-state index in [2.05, 4.69) is 24.1 Å². The zero-order chi connectivity index (χ0) is 15.3. The van der Waals surface area contributed by atoms with E-state index in [1.165, 1.54) is 25.7 Å². The number of aryl methyl sites for hydroxylation is 1. The second-order valence-corrected chi connectivity index (χ2v) is 7.41. The van der Waals surface area contributed by atoms with Gasteiger partial charge in [-0.15, -0.1) is 11.3 Å². The number of nitrogens with one attached hydrogen (secondary N) is 1. The van der Waals surface area contributed by atoms with E-state index in [0.717, 1.165) is 10.8 Å². The molecule has 4 nitrogen and oxygen atoms in total. The summed E-state index contributed by atoms with van der Waals surface area (Å²) in [4.78, 5) is 15.9. The van der Waals surface area contributed by atoms with Gasteiger partial charge in [0.05, 0.1) is 18.7 Å². The van der Waals surface area contributed by atoms with Crippen LogP contribution in [-0.2, 0) is 16.0 Å². The highest BCUT2D eigenvalue weighted by Crippen LogP contribution is 2.36. The molecule has 0 radical (unpaired) electrons. The molecule has 1 aliphatic rings. The van der Waals surface area contributed by atoms with Gasteiger partial charge in [0, 0.05) is 17.8 Å². The summed E-state index contributed by atoms with van der Waals surface area (Å²) in [7, 11) is 0. The zero-order valence-electron chi connectivity index (χ0n) is 13.3. The van der Waals surface area contributed by atoms with Crippen LogP contribution in [0.2, 0.25) is 0 Å². The molecule has 1 heterocycles. The number of nitrogens with zero attached hydrogens (tertiary/aromatic N) is 1. The summed E-state index contributed by atoms with van der Waals surface area (Å²) >= 11 is 1.63. The summed E-state index contributed by atoms with van der Waals surface area (Å²) < 4.78 is 4.94. The van der Waals surface area contributed by atoms with Crippen LogP contribution in [0.1, 0.15) is 58.6 Å². The Morgan fingerprint density at radius 2 is 2.38 bits per heavy atom. The number of thiazole rings is 1. The summed E-state index contributed by atoms with van der Waals surface area (Å²) in [5, 5.41) is 6.58. The fourth-order valence-corrected chi connectivity index (χ4v) is 3.77. The van der Waals surface area contributed by atoms with Crippen LogP contribution >= 0.6 is 11.3 Å². The van der Waals surface area contributed by atoms with Crippen LogP contribution < -0.4 is 5.32 Å². The lowest BCUT2D eigenvalue weighted by molar-refractivity contribution is -0.143. The molecule has 0 saturated heterocycles. The summed E-state index contributed by atoms with van der Waals surface area (Å²) in [6, 6.07) is 0.526. The minimum absolute atomic E-state index is 0.144. The molecule has 0 aromatic carbocycles. The largest absolute Gasteiger partial charge is 0.466 e. The first-order chi connectivity index (χ1) is 9.98. The molecule has 1 aromatic rings. The van der Waals surface area contributed by atoms with E-state index in [4.69, 9.17) is 4.74 Å². The van der Waals surface area contributed by atoms with Crippen molar-refractivity contribution in [3.8, 4) is 0 Å². The summed E-state index contributed by atoms with van der Waals surface area (Å²) in [6.45, 7) is 6.95. The number of esters is 1. The van der Waals surface area contributed by atoms with Gasteiger partial charge in [-0.25, -0.2) is 4.98 Å². The molecule has 1 aliphatic carbocycles. The van der Waals surface area contributed by atoms with Crippen LogP contribution in [0, 0.1) is 5.41 Å². The third-order valence-electron chi connectivity index (χ3n) is 3.98. The third kappa shape index (κ3) is 5.30. The van der Waals surface area contributed by atoms with Crippen molar-refractivity contribution >= 4 is 22.4 Å². The van der Waals surface area contributed by atoms with Gasteiger partial charge in [0.1, 0.15) is 0 Å². The molecule has 1 aromatic heterocycles. The molecule has 2 rings (SSSR count). The number of anilines is 1. The lowest BCUT2D eigenvalue weighted by atomic mass is 9.75. The number of hydrogen-bond acceptors (Lipinski definition) is 5. The topological polar surface area (TPSA) is 51.2 Å². The summed E-state index contributed by atoms with van der Waals surface area (Å²) in [5.74, 6) is -0.144. The standard InChI is InChI=1S/C16H26N2O2S/c1-4-20-14(19)8-7-13-11-21-15(18-13)17-12-6-5-9-16(2,3)10-12/h11-12H,4-10H2,1-3H3,(H,17,18). The van der Waals surface area contributed by atoms with E-state index in [-0.39, 0.29) is 5.97 Å². The van der Waals surface area contributed by atoms with Gasteiger partial charge in [0.2, 0.25) is 0 Å². The fourth-order valence-electron chi connectivity index (χ4n) is 2.95. The SMILES string of the molecule is CCOC(=O)CCc1csc(NC2CCCC(C)(C)C2)n1. The molecule has 1 unspecified atom stereocenters. The van der Waals surface area contributed by atoms with Crippen molar-refractivity contribution < 1.29 is 9.53 Å². The summed E-state index contributed by atoms with van der Waals surface area (Å²) in [5.41, 5.74) is 1.41. The number of carbonyl (C=O) groups is 1. The number of hydrogen-bond donors (Lipinski definition) is 1. The quantitative estimate of drug-likeness (QED) is 0.806. The van der Waals surface area contributed by atoms with Crippen molar-refractivity contribution in [2.45, 2.75) is 65.3 Å². The van der Waals surface area contributed by atoms with Crippen molar-refractivity contribution in [2.75, 3.05) is 11.9 Å². The maximum atomic E-state index is 11.3. The molecule has 0 spiro atoms. The molecule has 1 saturated carbocycles. The van der Waals surface area contributed by atoms with Crippen molar-refractivity contribution in [2.24, 2.45) is 5.41 Å². The van der Waals surface area contributed by atoms with Gasteiger partial charge in [0.25, 0.3) is 0 Å². The predicted octanol–water partition coefficient (Wildman–Crippen LogP) is 4.02. The van der Waals surface area contributed by atoms with Crippen LogP contribution in [0.5, 0.6) is 0 Å². The normalized spacial score (nSPS) is 21.0. The molecule has 0 bridgehead atoms. The minimum atomic E-state index is -0.144. The van der Waals surface area contributed by atoms with E-state index < -0.39 is 0 Å². The lowest BCUT2D eigenvalue weighted by Crippen LogP contribution is -2.31. The van der Waals surface area contributed by atoms with Crippen LogP contribution in [0.3, 0.4) is 0 Å². The Balaban J connectivity index is 1.81. The predicted molar refractivity (Wildman–Crippen MR) is 86.7 cm³/mol. The zero-order valence-corrected chi connectivity index (χ0v) is 14.1. The Morgan fingerprint density at radius 1 is 1.57 bits per heavy atom. The van der Waals surface area contributed by atoms with E-state index in [1.807, 2.05) is 12.3 Å². The smallest absolute Gasteiger partial charge is 0.306 e. The van der Waals surface area contributed by atoms with Gasteiger partial charge in [-0.05, 0) is 31.6 Å². The van der Waals surface area contributed by atoms with Crippen molar-refractivity contribution in [3.05, 3.63) is 11.1 Å². The first kappa shape index (κ1) is 16.3. The minimum Gasteiger partial charge on any atom is -0.466 e. The average Bonchev–Trinajstić information content (AvgIpc) is 2.83. The van der Waals surface area contributed by atoms with E-state index in [9.17, 15) is 4.79 Å². The molecule has 21 heavy (non-hydrogen) atoms. The Bertz CT molecular complexity index is 471. The van der Waals surface area contributed by atoms with Crippen molar-refractivity contribution in [1.29, 1.82) is 0 Å². The molecular formula is C16H26N2O2S. The third-order valence-corrected chi connectivity index (χ3v) is 4.80. The van der Waals surface area contributed by atoms with Gasteiger partial charge >= 0.3 is 5.97 Å². The van der Waals surface area contributed by atoms with Gasteiger partial charge in [0.15, 0.2) is 5.13 Å². The number of ether oxygens (including phenoxy) is 1. The Morgan fingerprint density at radius 3 is 3.10 bits per heavy atom. The monoisotopic (exact) mass is 310 g/mol. The van der Waals surface area contributed by atoms with E-state index >= 15 is 0 Å². The first-order valence-electron chi connectivity index (χ1n) is 7.85. The van der Waals surface area contributed by atoms with E-state index in [0.29, 0.717) is 30.9 Å². The van der Waals surface area contributed by atoms with Crippen LogP contribution in [0.25, 0.3) is 0 Å². The lowest BCUT2D eigenvalue weighted by Gasteiger charge is -2.35. The van der Waals surface area contributed by atoms with Crippen LogP contribution in [0.4, 0.5) is 5.13 Å². The first-order valence-corrected chi connectivity index (χ1v) is 8.73. The van der Waals surface area contributed by atoms with Gasteiger partial charge in [-0.3, -0.25) is 4.79 Å². The summed E-state index contributed by atoms with van der Waals surface area (Å²) in [6.07, 6.45) is 6.09. The second-order valence-electron chi connectivity index (χ2n) is 6.55. The van der Waals surface area contributed by atoms with E-state index in [1.54, 1.807) is 11.3 Å². The second kappa shape index (κ2) is 7.25. The number of rotatable bonds is 6. The van der Waals surface area contributed by atoms with Crippen LogP contribution in [-0.4, -0.2) is 23.6 Å². The average molecular weight is 310 g/mol. The molecule has 5 heteroatoms. The van der Waals surface area contributed by atoms with Gasteiger partial charge in [-0.2, -0.15) is 0 Å². The Hall–Kier alpha value is -1.10. The molecule has 0 amide bonds. The fraction of sp³-hybridized carbons (Fsp3) is 0.750. The van der Waals surface area contributed by atoms with Crippen molar-refractivity contribution in [3.63, 3.8) is 0 Å². The van der Waals surface area contributed by atoms with Gasteiger partial charge in [-0.1, -0.05) is 20.3 Å². The van der Waals surface area contributed by atoms with Gasteiger partial charge < -0.3 is 10.1 Å². The molecule has 0 aliphatic heterocycles. The van der Waals surface area contributed by atoms with Crippen molar-refractivity contribution in [1.82, 2.24) is 4.98 Å². The highest BCUT2D eigenvalue weighted by molar-refractivity contribution is 7.13. The molecule has 1 atom stereocenters. The Labute approximate surface area is 131 Å². The number of aromatic nitrogens is 1. The highest BCUT2D eigenvalue weighted by Gasteiger charge is 2.28. The Kier molecular flexibility index (Phi) is 5.62. The maximum absolute atomic E-state index is 11.3. The maximum Gasteiger partial charge on any atom is 0.306 e. The highest BCUT2D eigenvalue weighted by atomic mass is 32.1. The molecule has 1 fully saturated rings. The molecular weight excluding hydrogens is 284 g/mol.